The highest BCUT2D eigenvalue weighted by Crippen LogP contribution is 2.64. The lowest BCUT2D eigenvalue weighted by molar-refractivity contribution is 0.421. The summed E-state index contributed by atoms with van der Waals surface area (Å²) < 4.78 is 35.7. The maximum absolute atomic E-state index is 11.1. The molecule has 3 unspecified atom stereocenters. The van der Waals surface area contributed by atoms with Crippen LogP contribution < -0.4 is 14.6 Å². The smallest absolute Gasteiger partial charge is 0.327 e. The molecule has 0 saturated carbocycles. The largest absolute Gasteiger partial charge is 0.396 e. The molecule has 12 nitrogen and oxygen atoms in total. The minimum Gasteiger partial charge on any atom is -0.327 e. The Balaban J connectivity index is 3.34. The molecule has 8 N–H and O–H groups in total. The van der Waals surface area contributed by atoms with Crippen LogP contribution in [0.1, 0.15) is 0 Å². The summed E-state index contributed by atoms with van der Waals surface area (Å²) in [4.78, 5) is 48.3. The second kappa shape index (κ2) is 4.07. The molecule has 1 aliphatic heterocycles. The fourth-order valence-corrected chi connectivity index (χ4v) is 8.69. The van der Waals surface area contributed by atoms with Crippen molar-refractivity contribution < 1.29 is 38.2 Å². The van der Waals surface area contributed by atoms with Crippen molar-refractivity contribution in [2.24, 2.45) is 4.52 Å². The quantitative estimate of drug-likeness (QED) is 0.255. The van der Waals surface area contributed by atoms with E-state index in [9.17, 15) is 13.7 Å². The Bertz CT molecular complexity index is 486. The molecule has 1 rings (SSSR count). The van der Waals surface area contributed by atoms with Crippen LogP contribution in [0.25, 0.3) is 0 Å². The molecule has 0 aliphatic carbocycles. The summed E-state index contributed by atoms with van der Waals surface area (Å²) in [7, 11) is -19.3. The van der Waals surface area contributed by atoms with Crippen molar-refractivity contribution in [2.45, 2.75) is 0 Å². The van der Waals surface area contributed by atoms with Gasteiger partial charge in [0.05, 0.1) is 0 Å². The van der Waals surface area contributed by atoms with Crippen LogP contribution in [0.4, 0.5) is 0 Å². The van der Waals surface area contributed by atoms with Gasteiger partial charge in [-0.15, -0.1) is 14.2 Å². The standard InChI is InChI=1S/H8N4O8P4/c5-13(6)1-14(7,8)3-16(11,12)4-15(9,10)2-13/h5-6H,(H6,1,3,4,7,8,9,10,11,12). The Morgan fingerprint density at radius 2 is 1.19 bits per heavy atom. The van der Waals surface area contributed by atoms with Crippen LogP contribution in [0.3, 0.4) is 0 Å². The maximum atomic E-state index is 11.1. The van der Waals surface area contributed by atoms with Gasteiger partial charge in [0.2, 0.25) is 0 Å². The Morgan fingerprint density at radius 3 is 1.69 bits per heavy atom. The SMILES string of the molecule is O=P1(O)N=P(O)(O)NP(=O)(O)NP(=O)(O)N1. The minimum atomic E-state index is -4.90. The van der Waals surface area contributed by atoms with E-state index >= 15 is 0 Å². The van der Waals surface area contributed by atoms with E-state index in [4.69, 9.17) is 24.5 Å². The van der Waals surface area contributed by atoms with E-state index in [2.05, 4.69) is 4.52 Å². The van der Waals surface area contributed by atoms with Crippen LogP contribution in [0.5, 0.6) is 0 Å². The number of rotatable bonds is 0. The van der Waals surface area contributed by atoms with Gasteiger partial charge >= 0.3 is 23.0 Å². The molecule has 1 aliphatic rings. The van der Waals surface area contributed by atoms with Crippen LogP contribution in [-0.4, -0.2) is 24.5 Å². The van der Waals surface area contributed by atoms with Crippen molar-refractivity contribution in [3.05, 3.63) is 0 Å². The third kappa shape index (κ3) is 4.46. The van der Waals surface area contributed by atoms with Gasteiger partial charge in [0.25, 0.3) is 7.66 Å². The van der Waals surface area contributed by atoms with Crippen LogP contribution >= 0.6 is 30.7 Å². The highest BCUT2D eigenvalue weighted by molar-refractivity contribution is 7.83. The molecular formula is H8N4O8P4. The summed E-state index contributed by atoms with van der Waals surface area (Å²) >= 11 is 0. The average molecular weight is 316 g/mol. The first kappa shape index (κ1) is 14.7. The third-order valence-corrected chi connectivity index (χ3v) is 9.47. The second-order valence-corrected chi connectivity index (χ2v) is 10.3. The molecule has 0 aromatic rings. The zero-order chi connectivity index (χ0) is 12.8. The molecule has 16 heteroatoms. The van der Waals surface area contributed by atoms with Crippen LogP contribution in [0, 0.1) is 0 Å². The third-order valence-electron chi connectivity index (χ3n) is 1.05. The first-order valence-corrected chi connectivity index (χ1v) is 9.87. The lowest BCUT2D eigenvalue weighted by Gasteiger charge is -2.25. The van der Waals surface area contributed by atoms with Crippen LogP contribution in [-0.2, 0) is 13.7 Å². The van der Waals surface area contributed by atoms with E-state index < -0.39 is 30.7 Å². The topological polar surface area (TPSA) is 201 Å². The van der Waals surface area contributed by atoms with Gasteiger partial charge < -0.3 is 24.5 Å². The zero-order valence-electron chi connectivity index (χ0n) is 7.20. The lowest BCUT2D eigenvalue weighted by atomic mass is 13.8. The molecule has 0 fully saturated rings. The minimum absolute atomic E-state index is 1.13. The first-order valence-electron chi connectivity index (χ1n) is 3.29. The molecule has 0 aromatic carbocycles. The van der Waals surface area contributed by atoms with E-state index in [0.29, 0.717) is 0 Å². The van der Waals surface area contributed by atoms with Crippen molar-refractivity contribution in [3.63, 3.8) is 0 Å². The van der Waals surface area contributed by atoms with E-state index in [-0.39, 0.29) is 0 Å². The van der Waals surface area contributed by atoms with Gasteiger partial charge in [0, 0.05) is 0 Å². The van der Waals surface area contributed by atoms with Crippen molar-refractivity contribution in [1.82, 2.24) is 14.6 Å². The Kier molecular flexibility index (Phi) is 3.72. The molecule has 0 saturated heterocycles. The number of nitrogens with zero attached hydrogens (tertiary/aromatic N) is 1. The molecule has 16 heavy (non-hydrogen) atoms. The number of hydrogen-bond donors (Lipinski definition) is 8. The van der Waals surface area contributed by atoms with Gasteiger partial charge in [0.1, 0.15) is 0 Å². The van der Waals surface area contributed by atoms with Gasteiger partial charge in [-0.2, -0.15) is 4.86 Å². The van der Waals surface area contributed by atoms with Crippen molar-refractivity contribution in [1.29, 1.82) is 0 Å². The predicted octanol–water partition coefficient (Wildman–Crippen LogP) is -0.999. The lowest BCUT2D eigenvalue weighted by Crippen LogP contribution is -2.25. The summed E-state index contributed by atoms with van der Waals surface area (Å²) in [5.41, 5.74) is 0. The van der Waals surface area contributed by atoms with E-state index in [0.717, 1.165) is 9.72 Å². The van der Waals surface area contributed by atoms with Gasteiger partial charge in [-0.05, 0) is 0 Å². The molecule has 96 valence electrons. The van der Waals surface area contributed by atoms with Gasteiger partial charge in [-0.25, -0.2) is 4.57 Å². The van der Waals surface area contributed by atoms with E-state index in [1.807, 2.05) is 0 Å². The maximum Gasteiger partial charge on any atom is 0.396 e. The second-order valence-electron chi connectivity index (χ2n) is 2.65. The van der Waals surface area contributed by atoms with Crippen molar-refractivity contribution in [2.75, 3.05) is 0 Å². The normalized spacial score (nSPS) is 48.8. The Hall–Kier alpha value is 0.600. The highest BCUT2D eigenvalue weighted by Gasteiger charge is 2.42. The van der Waals surface area contributed by atoms with Gasteiger partial charge in [0.15, 0.2) is 0 Å². The summed E-state index contributed by atoms with van der Waals surface area (Å²) in [6.45, 7) is 0. The number of hydrogen-bond acceptors (Lipinski definition) is 3. The summed E-state index contributed by atoms with van der Waals surface area (Å²) in [6.07, 6.45) is 0. The van der Waals surface area contributed by atoms with Gasteiger partial charge in [-0.3, -0.25) is 9.13 Å². The fourth-order valence-electron chi connectivity index (χ4n) is 0.796. The van der Waals surface area contributed by atoms with Crippen molar-refractivity contribution >= 4 is 30.7 Å². The summed E-state index contributed by atoms with van der Waals surface area (Å²) in [5.74, 6) is 0. The molecule has 0 radical (unpaired) electrons. The predicted molar refractivity (Wildman–Crippen MR) is 52.7 cm³/mol. The molecule has 0 bridgehead atoms. The molecular weight excluding hydrogens is 308 g/mol. The molecule has 0 aromatic heterocycles. The molecule has 3 atom stereocenters. The monoisotopic (exact) mass is 316 g/mol. The molecule has 0 spiro atoms. The van der Waals surface area contributed by atoms with Crippen LogP contribution in [0.15, 0.2) is 4.52 Å². The van der Waals surface area contributed by atoms with Crippen molar-refractivity contribution in [3.8, 4) is 0 Å². The summed E-state index contributed by atoms with van der Waals surface area (Å²) in [5, 5.41) is 0. The highest BCUT2D eigenvalue weighted by atomic mass is 31.3. The number of nitrogens with one attached hydrogen (secondary N) is 3. The van der Waals surface area contributed by atoms with E-state index in [1.54, 1.807) is 0 Å². The zero-order valence-corrected chi connectivity index (χ0v) is 10.8. The van der Waals surface area contributed by atoms with E-state index in [1.165, 1.54) is 4.86 Å². The summed E-state index contributed by atoms with van der Waals surface area (Å²) in [6, 6.07) is 0. The Morgan fingerprint density at radius 1 is 0.750 bits per heavy atom. The van der Waals surface area contributed by atoms with Gasteiger partial charge in [-0.1, -0.05) is 0 Å². The molecule has 1 heterocycles. The fraction of sp³-hybridized carbons (Fsp3) is 0. The first-order chi connectivity index (χ1) is 6.83. The average Bonchev–Trinajstić information content (AvgIpc) is 1.67. The van der Waals surface area contributed by atoms with Crippen LogP contribution in [0.2, 0.25) is 0 Å². The molecule has 0 amide bonds. The Labute approximate surface area is 88.7 Å².